The molecule has 0 amide bonds. The van der Waals surface area contributed by atoms with E-state index in [-0.39, 0.29) is 6.61 Å². The number of hydrogen-bond donors (Lipinski definition) is 1. The Morgan fingerprint density at radius 2 is 2.20 bits per heavy atom. The summed E-state index contributed by atoms with van der Waals surface area (Å²) in [6, 6.07) is 0.667. The Balaban J connectivity index is 1.82. The molecule has 0 aromatic carbocycles. The molecule has 2 aliphatic rings. The van der Waals surface area contributed by atoms with Crippen molar-refractivity contribution in [2.75, 3.05) is 31.1 Å². The number of piperazine rings is 1. The van der Waals surface area contributed by atoms with Gasteiger partial charge < -0.3 is 10.0 Å². The Labute approximate surface area is 120 Å². The monoisotopic (exact) mass is 276 g/mol. The maximum atomic E-state index is 9.62. The fourth-order valence-corrected chi connectivity index (χ4v) is 3.29. The summed E-state index contributed by atoms with van der Waals surface area (Å²) in [6.45, 7) is 8.55. The van der Waals surface area contributed by atoms with Crippen molar-refractivity contribution in [2.24, 2.45) is 0 Å². The Kier molecular flexibility index (Phi) is 3.89. The highest BCUT2D eigenvalue weighted by molar-refractivity contribution is 5.49. The number of rotatable bonds is 3. The van der Waals surface area contributed by atoms with Crippen LogP contribution in [0.5, 0.6) is 0 Å². The number of hydrogen-bond acceptors (Lipinski definition) is 5. The van der Waals surface area contributed by atoms with Gasteiger partial charge in [0.2, 0.25) is 0 Å². The molecule has 1 N–H and O–H groups in total. The maximum Gasteiger partial charge on any atom is 0.131 e. The number of anilines is 1. The first kappa shape index (κ1) is 13.8. The van der Waals surface area contributed by atoms with E-state index in [0.717, 1.165) is 36.8 Å². The first-order valence-corrected chi connectivity index (χ1v) is 7.64. The first-order valence-electron chi connectivity index (χ1n) is 7.64. The van der Waals surface area contributed by atoms with Gasteiger partial charge in [-0.1, -0.05) is 13.8 Å². The van der Waals surface area contributed by atoms with Gasteiger partial charge in [0, 0.05) is 31.6 Å². The van der Waals surface area contributed by atoms with E-state index in [2.05, 4.69) is 33.6 Å². The predicted molar refractivity (Wildman–Crippen MR) is 78.9 cm³/mol. The predicted octanol–water partition coefficient (Wildman–Crippen LogP) is 1.38. The molecule has 2 fully saturated rings. The number of aromatic nitrogens is 2. The molecule has 1 aromatic heterocycles. The van der Waals surface area contributed by atoms with E-state index in [1.807, 2.05) is 6.20 Å². The van der Waals surface area contributed by atoms with E-state index in [4.69, 9.17) is 0 Å². The zero-order valence-electron chi connectivity index (χ0n) is 12.4. The van der Waals surface area contributed by atoms with Gasteiger partial charge in [-0.05, 0) is 19.4 Å². The van der Waals surface area contributed by atoms with E-state index in [0.29, 0.717) is 12.0 Å². The number of aliphatic hydroxyl groups is 1. The smallest absolute Gasteiger partial charge is 0.131 e. The van der Waals surface area contributed by atoms with Crippen molar-refractivity contribution < 1.29 is 5.11 Å². The lowest BCUT2D eigenvalue weighted by molar-refractivity contribution is 0.229. The van der Waals surface area contributed by atoms with Crippen LogP contribution in [0.4, 0.5) is 5.69 Å². The number of nitrogens with zero attached hydrogens (tertiary/aromatic N) is 4. The summed E-state index contributed by atoms with van der Waals surface area (Å²) in [5.41, 5.74) is 1.79. The van der Waals surface area contributed by atoms with Crippen molar-refractivity contribution in [3.63, 3.8) is 0 Å². The van der Waals surface area contributed by atoms with E-state index in [1.54, 1.807) is 0 Å². The highest BCUT2D eigenvalue weighted by Gasteiger charge is 2.31. The summed E-state index contributed by atoms with van der Waals surface area (Å²) in [6.07, 6.45) is 4.50. The normalized spacial score (nSPS) is 23.4. The van der Waals surface area contributed by atoms with Crippen LogP contribution in [0, 0.1) is 0 Å². The van der Waals surface area contributed by atoms with Crippen LogP contribution in [0.25, 0.3) is 0 Å². The van der Waals surface area contributed by atoms with Crippen LogP contribution in [0.2, 0.25) is 0 Å². The summed E-state index contributed by atoms with van der Waals surface area (Å²) < 4.78 is 0. The Morgan fingerprint density at radius 1 is 1.35 bits per heavy atom. The molecule has 0 radical (unpaired) electrons. The number of fused-ring (bicyclic) bond motifs is 1. The second-order valence-corrected chi connectivity index (χ2v) is 6.15. The van der Waals surface area contributed by atoms with Crippen molar-refractivity contribution in [1.29, 1.82) is 0 Å². The summed E-state index contributed by atoms with van der Waals surface area (Å²) in [4.78, 5) is 13.9. The molecule has 20 heavy (non-hydrogen) atoms. The van der Waals surface area contributed by atoms with Gasteiger partial charge in [-0.2, -0.15) is 0 Å². The van der Waals surface area contributed by atoms with Crippen LogP contribution in [0.1, 0.15) is 44.1 Å². The van der Waals surface area contributed by atoms with Gasteiger partial charge in [0.1, 0.15) is 5.82 Å². The third-order valence-corrected chi connectivity index (χ3v) is 4.46. The largest absolute Gasteiger partial charge is 0.390 e. The second kappa shape index (κ2) is 5.66. The molecular weight excluding hydrogens is 252 g/mol. The van der Waals surface area contributed by atoms with E-state index >= 15 is 0 Å². The molecule has 0 bridgehead atoms. The third-order valence-electron chi connectivity index (χ3n) is 4.46. The van der Waals surface area contributed by atoms with Crippen LogP contribution < -0.4 is 4.90 Å². The van der Waals surface area contributed by atoms with Crippen molar-refractivity contribution >= 4 is 5.69 Å². The lowest BCUT2D eigenvalue weighted by atomic mass is 10.1. The minimum atomic E-state index is -0.0115. The highest BCUT2D eigenvalue weighted by atomic mass is 16.3. The summed E-state index contributed by atoms with van der Waals surface area (Å²) in [5.74, 6) is 1.11. The molecule has 1 aromatic rings. The van der Waals surface area contributed by atoms with Crippen LogP contribution >= 0.6 is 0 Å². The van der Waals surface area contributed by atoms with Crippen molar-refractivity contribution in [1.82, 2.24) is 14.9 Å². The second-order valence-electron chi connectivity index (χ2n) is 6.15. The standard InChI is InChI=1S/C15H24N4O/c1-11(2)15-16-8-14(13(10-20)17-15)19-7-6-18-5-3-4-12(18)9-19/h8,11-12,20H,3-7,9-10H2,1-2H3. The molecule has 0 saturated carbocycles. The maximum absolute atomic E-state index is 9.62. The average Bonchev–Trinajstić information content (AvgIpc) is 2.93. The molecular formula is C15H24N4O. The average molecular weight is 276 g/mol. The Hall–Kier alpha value is -1.20. The van der Waals surface area contributed by atoms with Gasteiger partial charge in [0.05, 0.1) is 24.2 Å². The van der Waals surface area contributed by atoms with E-state index in [1.165, 1.54) is 19.4 Å². The van der Waals surface area contributed by atoms with Crippen molar-refractivity contribution in [3.8, 4) is 0 Å². The van der Waals surface area contributed by atoms with E-state index < -0.39 is 0 Å². The summed E-state index contributed by atoms with van der Waals surface area (Å²) in [7, 11) is 0. The molecule has 0 spiro atoms. The molecule has 110 valence electrons. The first-order chi connectivity index (χ1) is 9.69. The van der Waals surface area contributed by atoms with Crippen molar-refractivity contribution in [3.05, 3.63) is 17.7 Å². The zero-order valence-corrected chi connectivity index (χ0v) is 12.4. The molecule has 2 saturated heterocycles. The van der Waals surface area contributed by atoms with E-state index in [9.17, 15) is 5.11 Å². The molecule has 5 nitrogen and oxygen atoms in total. The summed E-state index contributed by atoms with van der Waals surface area (Å²) in [5, 5.41) is 9.62. The van der Waals surface area contributed by atoms with Gasteiger partial charge in [0.25, 0.3) is 0 Å². The van der Waals surface area contributed by atoms with Gasteiger partial charge in [-0.25, -0.2) is 9.97 Å². The van der Waals surface area contributed by atoms with Crippen LogP contribution in [-0.2, 0) is 6.61 Å². The minimum absolute atomic E-state index is 0.0115. The molecule has 5 heteroatoms. The SMILES string of the molecule is CC(C)c1ncc(N2CCN3CCCC3C2)c(CO)n1. The molecule has 0 aliphatic carbocycles. The lowest BCUT2D eigenvalue weighted by Gasteiger charge is -2.39. The topological polar surface area (TPSA) is 52.5 Å². The van der Waals surface area contributed by atoms with Crippen LogP contribution in [0.15, 0.2) is 6.20 Å². The highest BCUT2D eigenvalue weighted by Crippen LogP contribution is 2.27. The fourth-order valence-electron chi connectivity index (χ4n) is 3.29. The summed E-state index contributed by atoms with van der Waals surface area (Å²) >= 11 is 0. The lowest BCUT2D eigenvalue weighted by Crippen LogP contribution is -2.50. The zero-order chi connectivity index (χ0) is 14.1. The fraction of sp³-hybridized carbons (Fsp3) is 0.733. The van der Waals surface area contributed by atoms with Gasteiger partial charge in [0.15, 0.2) is 0 Å². The van der Waals surface area contributed by atoms with Crippen LogP contribution in [0.3, 0.4) is 0 Å². The van der Waals surface area contributed by atoms with Crippen LogP contribution in [-0.4, -0.2) is 52.2 Å². The Bertz CT molecular complexity index is 477. The molecule has 3 rings (SSSR count). The van der Waals surface area contributed by atoms with Gasteiger partial charge in [-0.15, -0.1) is 0 Å². The molecule has 1 unspecified atom stereocenters. The van der Waals surface area contributed by atoms with Gasteiger partial charge >= 0.3 is 0 Å². The van der Waals surface area contributed by atoms with Gasteiger partial charge in [-0.3, -0.25) is 4.90 Å². The van der Waals surface area contributed by atoms with Crippen molar-refractivity contribution in [2.45, 2.75) is 45.3 Å². The molecule has 1 atom stereocenters. The molecule has 3 heterocycles. The molecule has 2 aliphatic heterocycles. The minimum Gasteiger partial charge on any atom is -0.390 e. The number of aliphatic hydroxyl groups excluding tert-OH is 1. The Morgan fingerprint density at radius 3 is 2.95 bits per heavy atom. The quantitative estimate of drug-likeness (QED) is 0.904. The third kappa shape index (κ3) is 2.52.